The minimum absolute atomic E-state index is 0.134. The third kappa shape index (κ3) is 4.44. The van der Waals surface area contributed by atoms with Crippen LogP contribution in [0.25, 0.3) is 22.6 Å². The average Bonchev–Trinajstić information content (AvgIpc) is 2.99. The zero-order valence-electron chi connectivity index (χ0n) is 16.9. The van der Waals surface area contributed by atoms with E-state index in [0.29, 0.717) is 41.4 Å². The van der Waals surface area contributed by atoms with Crippen LogP contribution in [0.15, 0.2) is 24.3 Å². The number of carbonyl (C=O) groups excluding carboxylic acids is 1. The summed E-state index contributed by atoms with van der Waals surface area (Å²) in [5.74, 6) is 1.05. The van der Waals surface area contributed by atoms with E-state index in [2.05, 4.69) is 20.3 Å². The number of rotatable bonds is 6. The molecule has 0 spiro atoms. The molecule has 0 saturated carbocycles. The fourth-order valence-electron chi connectivity index (χ4n) is 3.08. The Bertz CT molecular complexity index is 1030. The van der Waals surface area contributed by atoms with Gasteiger partial charge in [0.1, 0.15) is 17.5 Å². The quantitative estimate of drug-likeness (QED) is 0.658. The molecule has 8 nitrogen and oxygen atoms in total. The smallest absolute Gasteiger partial charge is 0.407 e. The van der Waals surface area contributed by atoms with E-state index >= 15 is 0 Å². The second-order valence-corrected chi connectivity index (χ2v) is 7.12. The van der Waals surface area contributed by atoms with Crippen molar-refractivity contribution >= 4 is 23.1 Å². The predicted octanol–water partition coefficient (Wildman–Crippen LogP) is 3.06. The number of alkyl carbamates (subject to hydrolysis) is 1. The van der Waals surface area contributed by atoms with Gasteiger partial charge in [0.25, 0.3) is 0 Å². The number of halogens is 1. The van der Waals surface area contributed by atoms with Gasteiger partial charge in [-0.05, 0) is 25.0 Å². The number of benzene rings is 1. The number of nitrogen functional groups attached to an aromatic ring is 1. The number of nitrogens with one attached hydrogen (secondary N) is 1. The first-order valence-electron chi connectivity index (χ1n) is 9.48. The molecule has 3 aromatic rings. The van der Waals surface area contributed by atoms with E-state index < -0.39 is 6.09 Å². The summed E-state index contributed by atoms with van der Waals surface area (Å²) in [7, 11) is 1.79. The van der Waals surface area contributed by atoms with Crippen molar-refractivity contribution in [3.8, 4) is 11.4 Å². The molecule has 9 heteroatoms. The fraction of sp³-hybridized carbons (Fsp3) is 0.400. The molecule has 0 aliphatic rings. The first kappa shape index (κ1) is 20.5. The largest absolute Gasteiger partial charge is 0.450 e. The Balaban J connectivity index is 1.96. The SMILES string of the molecule is CCOC(=O)NC(Cc1nc(N)c2nc(-c3cccc(F)c3)n(C)c2n1)C(C)C. The van der Waals surface area contributed by atoms with Crippen LogP contribution in [0.1, 0.15) is 26.6 Å². The highest BCUT2D eigenvalue weighted by atomic mass is 19.1. The first-order valence-corrected chi connectivity index (χ1v) is 9.48. The Kier molecular flexibility index (Phi) is 5.95. The van der Waals surface area contributed by atoms with Gasteiger partial charge in [0.15, 0.2) is 17.0 Å². The van der Waals surface area contributed by atoms with Gasteiger partial charge in [-0.3, -0.25) is 0 Å². The lowest BCUT2D eigenvalue weighted by Crippen LogP contribution is -2.40. The van der Waals surface area contributed by atoms with Crippen LogP contribution in [-0.4, -0.2) is 38.3 Å². The normalized spacial score (nSPS) is 12.3. The molecule has 0 aliphatic carbocycles. The number of carbonyl (C=O) groups is 1. The van der Waals surface area contributed by atoms with Crippen molar-refractivity contribution < 1.29 is 13.9 Å². The van der Waals surface area contributed by atoms with Gasteiger partial charge >= 0.3 is 6.09 Å². The van der Waals surface area contributed by atoms with E-state index in [-0.39, 0.29) is 23.6 Å². The van der Waals surface area contributed by atoms with Gasteiger partial charge in [0.05, 0.1) is 6.61 Å². The molecule has 29 heavy (non-hydrogen) atoms. The molecule has 0 radical (unpaired) electrons. The number of aryl methyl sites for hydroxylation is 1. The molecule has 0 fully saturated rings. The van der Waals surface area contributed by atoms with Gasteiger partial charge in [-0.25, -0.2) is 24.1 Å². The van der Waals surface area contributed by atoms with E-state index in [0.717, 1.165) is 0 Å². The molecule has 1 aromatic carbocycles. The molecule has 1 atom stereocenters. The maximum Gasteiger partial charge on any atom is 0.407 e. The predicted molar refractivity (Wildman–Crippen MR) is 109 cm³/mol. The van der Waals surface area contributed by atoms with Gasteiger partial charge < -0.3 is 20.4 Å². The van der Waals surface area contributed by atoms with Crippen LogP contribution in [0, 0.1) is 11.7 Å². The molecule has 0 aliphatic heterocycles. The van der Waals surface area contributed by atoms with Crippen molar-refractivity contribution in [2.75, 3.05) is 12.3 Å². The lowest BCUT2D eigenvalue weighted by atomic mass is 10.0. The lowest BCUT2D eigenvalue weighted by Gasteiger charge is -2.21. The number of ether oxygens (including phenoxy) is 1. The van der Waals surface area contributed by atoms with Crippen LogP contribution in [0.4, 0.5) is 15.0 Å². The number of nitrogens with two attached hydrogens (primary N) is 1. The molecule has 1 amide bonds. The lowest BCUT2D eigenvalue weighted by molar-refractivity contribution is 0.144. The molecule has 1 unspecified atom stereocenters. The molecule has 3 rings (SSSR count). The number of imidazole rings is 1. The van der Waals surface area contributed by atoms with Crippen LogP contribution in [0.3, 0.4) is 0 Å². The van der Waals surface area contributed by atoms with E-state index in [1.165, 1.54) is 12.1 Å². The second-order valence-electron chi connectivity index (χ2n) is 7.12. The van der Waals surface area contributed by atoms with Crippen molar-refractivity contribution in [1.29, 1.82) is 0 Å². The summed E-state index contributed by atoms with van der Waals surface area (Å²) >= 11 is 0. The summed E-state index contributed by atoms with van der Waals surface area (Å²) in [5, 5.41) is 2.84. The number of nitrogens with zero attached hydrogens (tertiary/aromatic N) is 4. The summed E-state index contributed by atoms with van der Waals surface area (Å²) in [6.07, 6.45) is -0.0916. The Morgan fingerprint density at radius 2 is 2.07 bits per heavy atom. The van der Waals surface area contributed by atoms with E-state index in [9.17, 15) is 9.18 Å². The highest BCUT2D eigenvalue weighted by Gasteiger charge is 2.21. The summed E-state index contributed by atoms with van der Waals surface area (Å²) in [4.78, 5) is 25.3. The molecule has 154 valence electrons. The van der Waals surface area contributed by atoms with Crippen LogP contribution in [-0.2, 0) is 18.2 Å². The molecular weight excluding hydrogens is 375 g/mol. The molecule has 2 aromatic heterocycles. The maximum atomic E-state index is 13.6. The summed E-state index contributed by atoms with van der Waals surface area (Å²) in [6.45, 7) is 6.03. The van der Waals surface area contributed by atoms with Crippen LogP contribution in [0.5, 0.6) is 0 Å². The van der Waals surface area contributed by atoms with Crippen LogP contribution < -0.4 is 11.1 Å². The van der Waals surface area contributed by atoms with E-state index in [1.54, 1.807) is 30.7 Å². The Morgan fingerprint density at radius 1 is 1.31 bits per heavy atom. The fourth-order valence-corrected chi connectivity index (χ4v) is 3.08. The highest BCUT2D eigenvalue weighted by Crippen LogP contribution is 2.26. The third-order valence-corrected chi connectivity index (χ3v) is 4.66. The molecule has 0 saturated heterocycles. The molecule has 2 heterocycles. The first-order chi connectivity index (χ1) is 13.8. The maximum absolute atomic E-state index is 13.6. The summed E-state index contributed by atoms with van der Waals surface area (Å²) in [5.41, 5.74) is 7.76. The zero-order chi connectivity index (χ0) is 21.1. The van der Waals surface area contributed by atoms with Crippen molar-refractivity contribution in [2.45, 2.75) is 33.2 Å². The van der Waals surface area contributed by atoms with Crippen LogP contribution in [0.2, 0.25) is 0 Å². The van der Waals surface area contributed by atoms with Gasteiger partial charge in [0.2, 0.25) is 0 Å². The van der Waals surface area contributed by atoms with E-state index in [4.69, 9.17) is 10.5 Å². The van der Waals surface area contributed by atoms with Crippen molar-refractivity contribution in [3.63, 3.8) is 0 Å². The number of anilines is 1. The van der Waals surface area contributed by atoms with Crippen molar-refractivity contribution in [3.05, 3.63) is 35.9 Å². The monoisotopic (exact) mass is 400 g/mol. The number of hydrogen-bond acceptors (Lipinski definition) is 6. The minimum atomic E-state index is -0.478. The number of fused-ring (bicyclic) bond motifs is 1. The van der Waals surface area contributed by atoms with Gasteiger partial charge in [-0.1, -0.05) is 26.0 Å². The zero-order valence-corrected chi connectivity index (χ0v) is 16.9. The topological polar surface area (TPSA) is 108 Å². The van der Waals surface area contributed by atoms with Gasteiger partial charge in [0, 0.05) is 25.1 Å². The minimum Gasteiger partial charge on any atom is -0.450 e. The van der Waals surface area contributed by atoms with Crippen LogP contribution >= 0.6 is 0 Å². The molecule has 0 bridgehead atoms. The van der Waals surface area contributed by atoms with E-state index in [1.807, 2.05) is 13.8 Å². The standard InChI is InChI=1S/C20H25FN6O2/c1-5-29-20(28)23-14(11(2)3)10-15-24-17(22)16-19(25-15)27(4)18(26-16)12-7-6-8-13(21)9-12/h6-9,11,14H,5,10H2,1-4H3,(H,23,28)(H2,22,24,25). The Hall–Kier alpha value is -3.23. The molecule has 3 N–H and O–H groups in total. The highest BCUT2D eigenvalue weighted by molar-refractivity contribution is 5.85. The second kappa shape index (κ2) is 8.42. The summed E-state index contributed by atoms with van der Waals surface area (Å²) in [6, 6.07) is 5.96. The third-order valence-electron chi connectivity index (χ3n) is 4.66. The number of aromatic nitrogens is 4. The Labute approximate surface area is 168 Å². The Morgan fingerprint density at radius 3 is 2.72 bits per heavy atom. The van der Waals surface area contributed by atoms with Gasteiger partial charge in [-0.15, -0.1) is 0 Å². The number of amides is 1. The van der Waals surface area contributed by atoms with Gasteiger partial charge in [-0.2, -0.15) is 0 Å². The molecular formula is C20H25FN6O2. The number of hydrogen-bond donors (Lipinski definition) is 2. The summed E-state index contributed by atoms with van der Waals surface area (Å²) < 4.78 is 20.4. The van der Waals surface area contributed by atoms with Crippen molar-refractivity contribution in [2.24, 2.45) is 13.0 Å². The van der Waals surface area contributed by atoms with Crippen molar-refractivity contribution in [1.82, 2.24) is 24.8 Å². The average molecular weight is 400 g/mol.